The Bertz CT molecular complexity index is 1040. The largest absolute Gasteiger partial charge is 0.459 e. The van der Waals surface area contributed by atoms with Crippen molar-refractivity contribution >= 4 is 38.3 Å². The van der Waals surface area contributed by atoms with Crippen LogP contribution in [0.2, 0.25) is 0 Å². The summed E-state index contributed by atoms with van der Waals surface area (Å²) >= 11 is 1.09. The summed E-state index contributed by atoms with van der Waals surface area (Å²) < 4.78 is 42.4. The molecule has 1 heterocycles. The van der Waals surface area contributed by atoms with Gasteiger partial charge in [-0.25, -0.2) is 22.6 Å². The molecule has 1 aromatic heterocycles. The van der Waals surface area contributed by atoms with Crippen molar-refractivity contribution in [3.8, 4) is 10.4 Å². The van der Waals surface area contributed by atoms with Crippen LogP contribution in [0.4, 0.5) is 14.3 Å². The number of esters is 1. The van der Waals surface area contributed by atoms with E-state index in [-0.39, 0.29) is 11.7 Å². The smallest absolute Gasteiger partial charge is 0.325 e. The van der Waals surface area contributed by atoms with Crippen molar-refractivity contribution in [2.24, 2.45) is 0 Å². The van der Waals surface area contributed by atoms with Crippen molar-refractivity contribution in [1.29, 1.82) is 0 Å². The van der Waals surface area contributed by atoms with Crippen LogP contribution in [0.5, 0.6) is 0 Å². The monoisotopic (exact) mass is 443 g/mol. The quantitative estimate of drug-likeness (QED) is 0.686. The highest BCUT2D eigenvalue weighted by molar-refractivity contribution is 7.90. The third-order valence-electron chi connectivity index (χ3n) is 3.42. The van der Waals surface area contributed by atoms with Gasteiger partial charge in [0.1, 0.15) is 22.9 Å². The number of anilines is 1. The molecule has 1 aromatic carbocycles. The molecule has 0 atom stereocenters. The van der Waals surface area contributed by atoms with E-state index >= 15 is 0 Å². The predicted octanol–water partition coefficient (Wildman–Crippen LogP) is 3.12. The third kappa shape index (κ3) is 6.50. The van der Waals surface area contributed by atoms with Gasteiger partial charge in [-0.1, -0.05) is 17.4 Å². The molecule has 0 radical (unpaired) electrons. The molecule has 0 bridgehead atoms. The van der Waals surface area contributed by atoms with Crippen molar-refractivity contribution in [2.75, 3.05) is 18.1 Å². The predicted molar refractivity (Wildman–Crippen MR) is 108 cm³/mol. The molecule has 29 heavy (non-hydrogen) atoms. The number of halogens is 1. The maximum Gasteiger partial charge on any atom is 0.325 e. The summed E-state index contributed by atoms with van der Waals surface area (Å²) in [5, 5.41) is 5.12. The minimum absolute atomic E-state index is 0.240. The van der Waals surface area contributed by atoms with Crippen LogP contribution in [-0.2, 0) is 19.4 Å². The molecule has 0 unspecified atom stereocenters. The van der Waals surface area contributed by atoms with Gasteiger partial charge in [-0.15, -0.1) is 0 Å². The van der Waals surface area contributed by atoms with E-state index < -0.39 is 38.2 Å². The number of carbonyl (C=O) groups is 2. The summed E-state index contributed by atoms with van der Waals surface area (Å²) in [4.78, 5) is 28.0. The third-order valence-corrected chi connectivity index (χ3v) is 5.66. The number of sulfone groups is 1. The highest BCUT2D eigenvalue weighted by atomic mass is 32.2. The summed E-state index contributed by atoms with van der Waals surface area (Å²) in [5.74, 6) is -1.42. The van der Waals surface area contributed by atoms with Crippen molar-refractivity contribution in [1.82, 2.24) is 10.3 Å². The Hall–Kier alpha value is -2.53. The molecule has 0 saturated carbocycles. The van der Waals surface area contributed by atoms with Crippen LogP contribution < -0.4 is 10.6 Å². The lowest BCUT2D eigenvalue weighted by atomic mass is 10.1. The summed E-state index contributed by atoms with van der Waals surface area (Å²) in [5.41, 5.74) is 0.337. The van der Waals surface area contributed by atoms with Crippen LogP contribution in [-0.4, -0.2) is 43.8 Å². The molecule has 2 N–H and O–H groups in total. The van der Waals surface area contributed by atoms with E-state index in [4.69, 9.17) is 4.74 Å². The van der Waals surface area contributed by atoms with Gasteiger partial charge in [-0.05, 0) is 45.4 Å². The number of carbonyl (C=O) groups excluding carboxylic acids is 2. The van der Waals surface area contributed by atoms with Crippen molar-refractivity contribution in [2.45, 2.75) is 38.2 Å². The summed E-state index contributed by atoms with van der Waals surface area (Å²) in [6.45, 7) is 6.52. The number of benzene rings is 1. The van der Waals surface area contributed by atoms with E-state index in [1.54, 1.807) is 27.7 Å². The fraction of sp³-hybridized carbons (Fsp3) is 0.389. The fourth-order valence-electron chi connectivity index (χ4n) is 2.32. The van der Waals surface area contributed by atoms with E-state index in [1.165, 1.54) is 12.1 Å². The molecule has 0 fully saturated rings. The molecule has 0 aliphatic heterocycles. The van der Waals surface area contributed by atoms with Crippen LogP contribution in [0.25, 0.3) is 10.4 Å². The Morgan fingerprint density at radius 2 is 1.93 bits per heavy atom. The first-order valence-electron chi connectivity index (χ1n) is 8.50. The standard InChI is InChI=1S/C18H22FN3O5S2/c1-10-15(11-6-7-12(19)13(8-11)29(5,25)26)28-17(21-10)22-16(24)20-9-14(23)27-18(2,3)4/h6-8H,9H2,1-5H3,(H2,20,21,22,24). The average Bonchev–Trinajstić information content (AvgIpc) is 2.91. The van der Waals surface area contributed by atoms with Gasteiger partial charge < -0.3 is 10.1 Å². The SMILES string of the molecule is Cc1nc(NC(=O)NCC(=O)OC(C)(C)C)sc1-c1ccc(F)c(S(C)(=O)=O)c1. The van der Waals surface area contributed by atoms with Gasteiger partial charge in [0, 0.05) is 6.26 Å². The molecule has 8 nitrogen and oxygen atoms in total. The van der Waals surface area contributed by atoms with Gasteiger partial charge in [0.2, 0.25) is 0 Å². The van der Waals surface area contributed by atoms with Crippen molar-refractivity contribution < 1.29 is 27.1 Å². The van der Waals surface area contributed by atoms with Gasteiger partial charge in [0.05, 0.1) is 10.6 Å². The Morgan fingerprint density at radius 3 is 2.52 bits per heavy atom. The van der Waals surface area contributed by atoms with Crippen LogP contribution in [0, 0.1) is 12.7 Å². The highest BCUT2D eigenvalue weighted by Crippen LogP contribution is 2.34. The van der Waals surface area contributed by atoms with E-state index in [1.807, 2.05) is 0 Å². The first-order valence-corrected chi connectivity index (χ1v) is 11.2. The number of amides is 2. The maximum absolute atomic E-state index is 13.8. The van der Waals surface area contributed by atoms with E-state index in [2.05, 4.69) is 15.6 Å². The van der Waals surface area contributed by atoms with Crippen molar-refractivity contribution in [3.63, 3.8) is 0 Å². The number of hydrogen-bond acceptors (Lipinski definition) is 7. The number of hydrogen-bond donors (Lipinski definition) is 2. The number of aryl methyl sites for hydroxylation is 1. The Balaban J connectivity index is 2.11. The van der Waals surface area contributed by atoms with Crippen LogP contribution in [0.1, 0.15) is 26.5 Å². The summed E-state index contributed by atoms with van der Waals surface area (Å²) in [6.07, 6.45) is 0.927. The zero-order valence-corrected chi connectivity index (χ0v) is 18.3. The zero-order chi connectivity index (χ0) is 22.0. The number of aromatic nitrogens is 1. The van der Waals surface area contributed by atoms with Gasteiger partial charge in [-0.3, -0.25) is 10.1 Å². The lowest BCUT2D eigenvalue weighted by molar-refractivity contribution is -0.153. The summed E-state index contributed by atoms with van der Waals surface area (Å²) in [6, 6.07) is 3.10. The molecule has 11 heteroatoms. The molecule has 0 spiro atoms. The molecule has 0 aliphatic rings. The summed E-state index contributed by atoms with van der Waals surface area (Å²) in [7, 11) is -3.73. The number of nitrogens with one attached hydrogen (secondary N) is 2. The number of nitrogens with zero attached hydrogens (tertiary/aromatic N) is 1. The molecule has 2 aromatic rings. The zero-order valence-electron chi connectivity index (χ0n) is 16.6. The van der Waals surface area contributed by atoms with E-state index in [0.717, 1.165) is 23.7 Å². The van der Waals surface area contributed by atoms with E-state index in [9.17, 15) is 22.4 Å². The second-order valence-corrected chi connectivity index (χ2v) is 10.2. The topological polar surface area (TPSA) is 114 Å². The van der Waals surface area contributed by atoms with E-state index in [0.29, 0.717) is 16.1 Å². The fourth-order valence-corrected chi connectivity index (χ4v) is 4.04. The van der Waals surface area contributed by atoms with Crippen LogP contribution >= 0.6 is 11.3 Å². The van der Waals surface area contributed by atoms with Gasteiger partial charge in [-0.2, -0.15) is 0 Å². The number of thiazole rings is 1. The Morgan fingerprint density at radius 1 is 1.28 bits per heavy atom. The van der Waals surface area contributed by atoms with Gasteiger partial charge in [0.25, 0.3) is 0 Å². The number of ether oxygens (including phenoxy) is 1. The molecule has 2 amide bonds. The second kappa shape index (κ2) is 8.46. The molecule has 158 valence electrons. The van der Waals surface area contributed by atoms with Crippen molar-refractivity contribution in [3.05, 3.63) is 29.7 Å². The lowest BCUT2D eigenvalue weighted by Crippen LogP contribution is -2.36. The Labute approximate surface area is 172 Å². The second-order valence-electron chi connectivity index (χ2n) is 7.25. The number of rotatable bonds is 5. The normalized spacial score (nSPS) is 11.8. The maximum atomic E-state index is 13.8. The average molecular weight is 444 g/mol. The van der Waals surface area contributed by atoms with Crippen LogP contribution in [0.15, 0.2) is 23.1 Å². The van der Waals surface area contributed by atoms with Crippen LogP contribution in [0.3, 0.4) is 0 Å². The minimum atomic E-state index is -3.73. The molecule has 0 aliphatic carbocycles. The highest BCUT2D eigenvalue weighted by Gasteiger charge is 2.19. The molecular weight excluding hydrogens is 421 g/mol. The molecule has 0 saturated heterocycles. The lowest BCUT2D eigenvalue weighted by Gasteiger charge is -2.19. The first-order chi connectivity index (χ1) is 13.3. The molecular formula is C18H22FN3O5S2. The minimum Gasteiger partial charge on any atom is -0.459 e. The van der Waals surface area contributed by atoms with Gasteiger partial charge >= 0.3 is 12.0 Å². The number of urea groups is 1. The first kappa shape index (κ1) is 22.8. The molecule has 2 rings (SSSR count). The van der Waals surface area contributed by atoms with Gasteiger partial charge in [0.15, 0.2) is 15.0 Å². The Kier molecular flexibility index (Phi) is 6.63.